The van der Waals surface area contributed by atoms with Crippen molar-refractivity contribution in [1.82, 2.24) is 9.80 Å². The number of nitrogens with two attached hydrogens (primary N) is 1. The molecule has 1 rings (SSSR count). The summed E-state index contributed by atoms with van der Waals surface area (Å²) in [6.07, 6.45) is 4.42. The number of nitrogens with zero attached hydrogens (tertiary/aromatic N) is 2. The second kappa shape index (κ2) is 6.20. The highest BCUT2D eigenvalue weighted by Gasteiger charge is 2.40. The first-order valence-corrected chi connectivity index (χ1v) is 6.97. The number of rotatable bonds is 7. The Morgan fingerprint density at radius 2 is 1.95 bits per heavy atom. The first-order chi connectivity index (χ1) is 8.73. The van der Waals surface area contributed by atoms with Crippen LogP contribution in [0.1, 0.15) is 32.6 Å². The molecule has 1 aliphatic carbocycles. The molecule has 0 aliphatic heterocycles. The molecule has 0 heterocycles. The Morgan fingerprint density at radius 3 is 2.32 bits per heavy atom. The number of hydrogen-bond donors (Lipinski definition) is 1. The Bertz CT molecular complexity index is 312. The van der Waals surface area contributed by atoms with E-state index in [0.717, 1.165) is 13.1 Å². The summed E-state index contributed by atoms with van der Waals surface area (Å²) in [6, 6.07) is 0. The van der Waals surface area contributed by atoms with E-state index >= 15 is 0 Å². The molecule has 112 valence electrons. The van der Waals surface area contributed by atoms with Gasteiger partial charge in [-0.05, 0) is 53.8 Å². The van der Waals surface area contributed by atoms with Gasteiger partial charge < -0.3 is 20.3 Å². The first kappa shape index (κ1) is 16.4. The Labute approximate surface area is 117 Å². The van der Waals surface area contributed by atoms with Gasteiger partial charge >= 0.3 is 5.97 Å². The minimum absolute atomic E-state index is 0.311. The molecule has 0 spiro atoms. The molecule has 2 N–H and O–H groups in total. The van der Waals surface area contributed by atoms with Gasteiger partial charge in [0.2, 0.25) is 0 Å². The van der Waals surface area contributed by atoms with E-state index in [9.17, 15) is 4.79 Å². The lowest BCUT2D eigenvalue weighted by molar-refractivity contribution is -0.146. The fourth-order valence-corrected chi connectivity index (χ4v) is 2.67. The number of esters is 1. The van der Waals surface area contributed by atoms with Gasteiger partial charge in [0, 0.05) is 18.6 Å². The predicted molar refractivity (Wildman–Crippen MR) is 77.0 cm³/mol. The highest BCUT2D eigenvalue weighted by Crippen LogP contribution is 2.36. The van der Waals surface area contributed by atoms with Crippen LogP contribution < -0.4 is 5.73 Å². The van der Waals surface area contributed by atoms with Gasteiger partial charge in [0.15, 0.2) is 0 Å². The van der Waals surface area contributed by atoms with Crippen LogP contribution in [0.2, 0.25) is 0 Å². The number of carbonyl (C=O) groups excluding carboxylic acids is 1. The van der Waals surface area contributed by atoms with Crippen molar-refractivity contribution in [3.63, 3.8) is 0 Å². The molecule has 19 heavy (non-hydrogen) atoms. The van der Waals surface area contributed by atoms with Crippen LogP contribution >= 0.6 is 0 Å². The van der Waals surface area contributed by atoms with Gasteiger partial charge in [0.1, 0.15) is 5.54 Å². The highest BCUT2D eigenvalue weighted by molar-refractivity contribution is 5.79. The molecule has 5 heteroatoms. The van der Waals surface area contributed by atoms with Crippen molar-refractivity contribution in [2.24, 2.45) is 5.73 Å². The minimum atomic E-state index is -0.895. The summed E-state index contributed by atoms with van der Waals surface area (Å²) in [6.45, 7) is 3.56. The molecule has 0 aromatic heterocycles. The minimum Gasteiger partial charge on any atom is -0.468 e. The van der Waals surface area contributed by atoms with Crippen molar-refractivity contribution in [3.05, 3.63) is 0 Å². The summed E-state index contributed by atoms with van der Waals surface area (Å²) in [5, 5.41) is 0. The van der Waals surface area contributed by atoms with Gasteiger partial charge in [0.25, 0.3) is 0 Å². The Morgan fingerprint density at radius 1 is 1.37 bits per heavy atom. The van der Waals surface area contributed by atoms with Crippen LogP contribution in [0.15, 0.2) is 0 Å². The van der Waals surface area contributed by atoms with Crippen molar-refractivity contribution in [3.8, 4) is 0 Å². The fourth-order valence-electron chi connectivity index (χ4n) is 2.67. The lowest BCUT2D eigenvalue weighted by Crippen LogP contribution is -2.57. The standard InChI is InChI=1S/C14H29N3O2/c1-13(15,12(18)19-5)9-10-17(4)11-14(16(2)3)7-6-8-14/h6-11,15H2,1-5H3. The van der Waals surface area contributed by atoms with Gasteiger partial charge in [0.05, 0.1) is 7.11 Å². The molecule has 1 unspecified atom stereocenters. The zero-order valence-corrected chi connectivity index (χ0v) is 13.0. The van der Waals surface area contributed by atoms with E-state index in [1.807, 2.05) is 0 Å². The zero-order valence-electron chi connectivity index (χ0n) is 13.0. The van der Waals surface area contributed by atoms with Crippen LogP contribution in [0.3, 0.4) is 0 Å². The van der Waals surface area contributed by atoms with E-state index in [-0.39, 0.29) is 5.97 Å². The second-order valence-corrected chi connectivity index (χ2v) is 6.37. The van der Waals surface area contributed by atoms with Gasteiger partial charge in [-0.25, -0.2) is 0 Å². The zero-order chi connectivity index (χ0) is 14.7. The third kappa shape index (κ3) is 3.91. The maximum Gasteiger partial charge on any atom is 0.325 e. The molecular weight excluding hydrogens is 242 g/mol. The van der Waals surface area contributed by atoms with E-state index < -0.39 is 5.54 Å². The molecule has 0 bridgehead atoms. The smallest absolute Gasteiger partial charge is 0.325 e. The van der Waals surface area contributed by atoms with Crippen LogP contribution in [0.25, 0.3) is 0 Å². The third-order valence-corrected chi connectivity index (χ3v) is 4.46. The predicted octanol–water partition coefficient (Wildman–Crippen LogP) is 0.683. The summed E-state index contributed by atoms with van der Waals surface area (Å²) < 4.78 is 4.73. The summed E-state index contributed by atoms with van der Waals surface area (Å²) in [5.74, 6) is -0.341. The summed E-state index contributed by atoms with van der Waals surface area (Å²) >= 11 is 0. The summed E-state index contributed by atoms with van der Waals surface area (Å²) in [5.41, 5.74) is 5.39. The largest absolute Gasteiger partial charge is 0.468 e. The van der Waals surface area contributed by atoms with Crippen LogP contribution in [0.5, 0.6) is 0 Å². The average molecular weight is 271 g/mol. The number of likely N-dealkylation sites (N-methyl/N-ethyl adjacent to an activating group) is 2. The summed E-state index contributed by atoms with van der Waals surface area (Å²) in [4.78, 5) is 16.1. The monoisotopic (exact) mass is 271 g/mol. The highest BCUT2D eigenvalue weighted by atomic mass is 16.5. The van der Waals surface area contributed by atoms with E-state index in [1.54, 1.807) is 6.92 Å². The number of carbonyl (C=O) groups is 1. The molecule has 1 fully saturated rings. The maximum atomic E-state index is 11.5. The van der Waals surface area contributed by atoms with Crippen molar-refractivity contribution in [2.75, 3.05) is 41.3 Å². The SMILES string of the molecule is COC(=O)C(C)(N)CCN(C)CC1(N(C)C)CCC1. The Balaban J connectivity index is 2.43. The van der Waals surface area contributed by atoms with Crippen molar-refractivity contribution in [2.45, 2.75) is 43.7 Å². The van der Waals surface area contributed by atoms with E-state index in [2.05, 4.69) is 30.9 Å². The van der Waals surface area contributed by atoms with Gasteiger partial charge in [-0.15, -0.1) is 0 Å². The van der Waals surface area contributed by atoms with Crippen molar-refractivity contribution < 1.29 is 9.53 Å². The number of methoxy groups -OCH3 is 1. The second-order valence-electron chi connectivity index (χ2n) is 6.37. The molecule has 0 amide bonds. The number of hydrogen-bond acceptors (Lipinski definition) is 5. The average Bonchev–Trinajstić information content (AvgIpc) is 2.29. The molecular formula is C14H29N3O2. The molecule has 0 aromatic rings. The molecule has 1 aliphatic rings. The van der Waals surface area contributed by atoms with Crippen molar-refractivity contribution in [1.29, 1.82) is 0 Å². The van der Waals surface area contributed by atoms with Crippen LogP contribution in [0, 0.1) is 0 Å². The van der Waals surface area contributed by atoms with E-state index in [4.69, 9.17) is 10.5 Å². The van der Waals surface area contributed by atoms with Gasteiger partial charge in [-0.1, -0.05) is 0 Å². The van der Waals surface area contributed by atoms with E-state index in [0.29, 0.717) is 12.0 Å². The van der Waals surface area contributed by atoms with Gasteiger partial charge in [-0.3, -0.25) is 4.79 Å². The van der Waals surface area contributed by atoms with Crippen LogP contribution in [-0.4, -0.2) is 68.2 Å². The fraction of sp³-hybridized carbons (Fsp3) is 0.929. The molecule has 0 saturated heterocycles. The maximum absolute atomic E-state index is 11.5. The lowest BCUT2D eigenvalue weighted by atomic mass is 9.75. The quantitative estimate of drug-likeness (QED) is 0.690. The number of ether oxygens (including phenoxy) is 1. The first-order valence-electron chi connectivity index (χ1n) is 6.97. The van der Waals surface area contributed by atoms with Crippen LogP contribution in [-0.2, 0) is 9.53 Å². The van der Waals surface area contributed by atoms with Gasteiger partial charge in [-0.2, -0.15) is 0 Å². The van der Waals surface area contributed by atoms with Crippen LogP contribution in [0.4, 0.5) is 0 Å². The topological polar surface area (TPSA) is 58.8 Å². The van der Waals surface area contributed by atoms with Crippen molar-refractivity contribution >= 4 is 5.97 Å². The molecule has 1 atom stereocenters. The summed E-state index contributed by atoms with van der Waals surface area (Å²) in [7, 11) is 7.77. The molecule has 0 radical (unpaired) electrons. The van der Waals surface area contributed by atoms with E-state index in [1.165, 1.54) is 26.4 Å². The molecule has 5 nitrogen and oxygen atoms in total. The molecule has 1 saturated carbocycles. The molecule has 0 aromatic carbocycles. The Hall–Kier alpha value is -0.650. The lowest BCUT2D eigenvalue weighted by Gasteiger charge is -2.49. The normalized spacial score (nSPS) is 21.1. The third-order valence-electron chi connectivity index (χ3n) is 4.46. The Kier molecular flexibility index (Phi) is 5.35.